The van der Waals surface area contributed by atoms with Crippen LogP contribution in [-0.4, -0.2) is 39.6 Å². The normalized spacial score (nSPS) is 11.8. The molecule has 0 radical (unpaired) electrons. The molecule has 7 aromatic rings. The molecule has 16 nitrogen and oxygen atoms in total. The molecule has 4 aromatic carbocycles. The highest BCUT2D eigenvalue weighted by Crippen LogP contribution is 2.45. The highest BCUT2D eigenvalue weighted by Gasteiger charge is 2.28. The van der Waals surface area contributed by atoms with Crippen molar-refractivity contribution in [1.29, 1.82) is 0 Å². The molecular formula is C44H22Br4N8O8. The fourth-order valence-electron chi connectivity index (χ4n) is 7.81. The minimum absolute atomic E-state index is 0.161. The molecule has 0 fully saturated rings. The summed E-state index contributed by atoms with van der Waals surface area (Å²) in [5.74, 6) is 0. The van der Waals surface area contributed by atoms with Crippen LogP contribution in [0.15, 0.2) is 115 Å². The molecule has 0 spiro atoms. The second-order valence-corrected chi connectivity index (χ2v) is 17.8. The van der Waals surface area contributed by atoms with Gasteiger partial charge in [0.2, 0.25) is 0 Å². The summed E-state index contributed by atoms with van der Waals surface area (Å²) in [6.45, 7) is 0. The molecule has 0 saturated heterocycles. The zero-order valence-electron chi connectivity index (χ0n) is 32.0. The van der Waals surface area contributed by atoms with E-state index in [1.54, 1.807) is 72.8 Å². The molecule has 0 amide bonds. The Hall–Kier alpha value is -7.00. The fraction of sp³-hybridized carbons (Fsp3) is 0. The van der Waals surface area contributed by atoms with Gasteiger partial charge < -0.3 is 9.97 Å². The first-order chi connectivity index (χ1) is 30.7. The SMILES string of the molecule is O=[N+]([O-])c1ccc(Br)cc1-c1c2nc(c(-c3cc(Br)ccc3[N+](=O)[O-])c3ccc([nH]3)c(-c3cc(Br)ccc3[N+](=O)[O-])c3nc(c(-c4cc(Br)ccc4[N+](=O)[O-])c4ccc1[nH]4)C=C3)C=C2. The van der Waals surface area contributed by atoms with E-state index in [0.717, 1.165) is 0 Å². The Morgan fingerprint density at radius 2 is 0.578 bits per heavy atom. The number of rotatable bonds is 8. The third kappa shape index (κ3) is 7.63. The topological polar surface area (TPSA) is 230 Å². The Morgan fingerprint density at radius 3 is 0.781 bits per heavy atom. The zero-order chi connectivity index (χ0) is 45.1. The number of nitrogens with zero attached hydrogens (tertiary/aromatic N) is 6. The first-order valence-electron chi connectivity index (χ1n) is 18.6. The summed E-state index contributed by atoms with van der Waals surface area (Å²) < 4.78 is 2.08. The summed E-state index contributed by atoms with van der Waals surface area (Å²) in [6, 6.07) is 24.5. The van der Waals surface area contributed by atoms with Crippen molar-refractivity contribution in [1.82, 2.24) is 19.9 Å². The summed E-state index contributed by atoms with van der Waals surface area (Å²) in [5, 5.41) is 50.7. The average Bonchev–Trinajstić information content (AvgIpc) is 4.09. The number of H-pyrrole nitrogens is 2. The van der Waals surface area contributed by atoms with Crippen LogP contribution >= 0.6 is 63.7 Å². The van der Waals surface area contributed by atoms with Gasteiger partial charge >= 0.3 is 0 Å². The van der Waals surface area contributed by atoms with E-state index in [0.29, 0.717) is 40.0 Å². The number of fused-ring (bicyclic) bond motifs is 8. The Kier molecular flexibility index (Phi) is 11.0. The maximum absolute atomic E-state index is 12.7. The molecule has 0 unspecified atom stereocenters. The lowest BCUT2D eigenvalue weighted by Gasteiger charge is -2.09. The van der Waals surface area contributed by atoms with Gasteiger partial charge in [0, 0.05) is 86.5 Å². The molecule has 2 aliphatic heterocycles. The first-order valence-corrected chi connectivity index (χ1v) is 21.8. The number of aromatic amines is 2. The smallest absolute Gasteiger partial charge is 0.277 e. The highest BCUT2D eigenvalue weighted by molar-refractivity contribution is 9.11. The molecule has 2 aliphatic rings. The lowest BCUT2D eigenvalue weighted by molar-refractivity contribution is -0.384. The average molecular weight is 1110 g/mol. The maximum atomic E-state index is 12.7. The van der Waals surface area contributed by atoms with Crippen LogP contribution in [0.3, 0.4) is 0 Å². The van der Waals surface area contributed by atoms with E-state index >= 15 is 0 Å². The molecule has 64 heavy (non-hydrogen) atoms. The minimum Gasteiger partial charge on any atom is -0.354 e. The van der Waals surface area contributed by atoms with Crippen molar-refractivity contribution in [3.05, 3.63) is 178 Å². The first kappa shape index (κ1) is 42.3. The van der Waals surface area contributed by atoms with Crippen molar-refractivity contribution in [2.45, 2.75) is 0 Å². The molecule has 5 heterocycles. The Morgan fingerprint density at radius 1 is 0.359 bits per heavy atom. The highest BCUT2D eigenvalue weighted by atomic mass is 79.9. The molecule has 8 bridgehead atoms. The molecular weight excluding hydrogens is 1090 g/mol. The summed E-state index contributed by atoms with van der Waals surface area (Å²) in [6.07, 6.45) is 6.55. The van der Waals surface area contributed by atoms with Crippen LogP contribution in [0.25, 0.3) is 90.9 Å². The van der Waals surface area contributed by atoms with Crippen molar-refractivity contribution in [3.63, 3.8) is 0 Å². The number of nitro benzene ring substituents is 4. The van der Waals surface area contributed by atoms with E-state index in [2.05, 4.69) is 73.7 Å². The predicted molar refractivity (Wildman–Crippen MR) is 258 cm³/mol. The van der Waals surface area contributed by atoms with E-state index in [9.17, 15) is 40.5 Å². The molecule has 314 valence electrons. The fourth-order valence-corrected chi connectivity index (χ4v) is 9.25. The van der Waals surface area contributed by atoms with Crippen LogP contribution in [0.2, 0.25) is 0 Å². The summed E-state index contributed by atoms with van der Waals surface area (Å²) >= 11 is 13.9. The number of benzene rings is 4. The van der Waals surface area contributed by atoms with E-state index in [-0.39, 0.29) is 90.0 Å². The molecule has 0 saturated carbocycles. The molecule has 2 N–H and O–H groups in total. The number of nitrogens with one attached hydrogen (secondary N) is 2. The van der Waals surface area contributed by atoms with Crippen molar-refractivity contribution in [2.24, 2.45) is 0 Å². The monoisotopic (exact) mass is 1110 g/mol. The maximum Gasteiger partial charge on any atom is 0.277 e. The molecule has 3 aromatic heterocycles. The van der Waals surface area contributed by atoms with E-state index in [1.807, 2.05) is 0 Å². The van der Waals surface area contributed by atoms with Crippen molar-refractivity contribution >= 4 is 133 Å². The van der Waals surface area contributed by atoms with Crippen LogP contribution in [0.4, 0.5) is 22.7 Å². The summed E-state index contributed by atoms with van der Waals surface area (Å²) in [7, 11) is 0. The molecule has 0 aliphatic carbocycles. The van der Waals surface area contributed by atoms with Gasteiger partial charge in [0.15, 0.2) is 0 Å². The van der Waals surface area contributed by atoms with Crippen LogP contribution < -0.4 is 0 Å². The molecule has 0 atom stereocenters. The third-order valence-electron chi connectivity index (χ3n) is 10.5. The Bertz CT molecular complexity index is 3050. The van der Waals surface area contributed by atoms with Crippen molar-refractivity contribution < 1.29 is 19.7 Å². The van der Waals surface area contributed by atoms with Gasteiger partial charge in [-0.05, 0) is 97.1 Å². The van der Waals surface area contributed by atoms with Crippen LogP contribution in [0, 0.1) is 40.5 Å². The van der Waals surface area contributed by atoms with Gasteiger partial charge in [-0.3, -0.25) is 40.5 Å². The number of hydrogen-bond donors (Lipinski definition) is 2. The number of nitro groups is 4. The van der Waals surface area contributed by atoms with Crippen LogP contribution in [0.5, 0.6) is 0 Å². The van der Waals surface area contributed by atoms with Gasteiger partial charge in [-0.2, -0.15) is 0 Å². The van der Waals surface area contributed by atoms with Gasteiger partial charge in [-0.15, -0.1) is 0 Å². The number of hydrogen-bond acceptors (Lipinski definition) is 10. The second-order valence-electron chi connectivity index (χ2n) is 14.2. The second kappa shape index (κ2) is 16.6. The van der Waals surface area contributed by atoms with Gasteiger partial charge in [0.1, 0.15) is 0 Å². The van der Waals surface area contributed by atoms with Gasteiger partial charge in [-0.1, -0.05) is 63.7 Å². The predicted octanol–water partition coefficient (Wildman–Crippen LogP) is 14.0. The summed E-state index contributed by atoms with van der Waals surface area (Å²) in [5.41, 5.74) is 2.93. The lowest BCUT2D eigenvalue weighted by atomic mass is 10.0. The van der Waals surface area contributed by atoms with E-state index in [1.165, 1.54) is 48.5 Å². The van der Waals surface area contributed by atoms with Gasteiger partial charge in [-0.25, -0.2) is 9.97 Å². The van der Waals surface area contributed by atoms with Crippen LogP contribution in [0.1, 0.15) is 22.8 Å². The standard InChI is InChI=1S/C44H22Br4N8O8/c45-21-1-13-37(53(57)58)25(17-21)41-29-5-7-31(49-29)42(26-18-22(46)2-14-38(26)54(59)60)33-9-11-35(51-33)44(28-20-24(48)4-16-40(28)56(63)64)36-12-10-34(52-36)43(32-8-6-30(41)50-32)27-19-23(47)3-15-39(27)55(61)62/h1-20,49,52H. The zero-order valence-corrected chi connectivity index (χ0v) is 38.4. The van der Waals surface area contributed by atoms with E-state index < -0.39 is 19.7 Å². The lowest BCUT2D eigenvalue weighted by Crippen LogP contribution is -1.96. The van der Waals surface area contributed by atoms with Crippen molar-refractivity contribution in [2.75, 3.05) is 0 Å². The van der Waals surface area contributed by atoms with Gasteiger partial charge in [0.05, 0.1) is 64.7 Å². The van der Waals surface area contributed by atoms with E-state index in [4.69, 9.17) is 9.97 Å². The minimum atomic E-state index is -0.522. The third-order valence-corrected chi connectivity index (χ3v) is 12.4. The Balaban J connectivity index is 1.56. The molecule has 20 heteroatoms. The largest absolute Gasteiger partial charge is 0.354 e. The van der Waals surface area contributed by atoms with Crippen molar-refractivity contribution in [3.8, 4) is 44.5 Å². The molecule has 9 rings (SSSR count). The quantitative estimate of drug-likeness (QED) is 0.108. The number of halogens is 4. The van der Waals surface area contributed by atoms with Gasteiger partial charge in [0.25, 0.3) is 22.7 Å². The van der Waals surface area contributed by atoms with Crippen LogP contribution in [-0.2, 0) is 0 Å². The number of aromatic nitrogens is 4. The Labute approximate surface area is 392 Å². The summed E-state index contributed by atoms with van der Waals surface area (Å²) in [4.78, 5) is 65.4.